The van der Waals surface area contributed by atoms with Gasteiger partial charge in [-0.1, -0.05) is 30.3 Å². The maximum absolute atomic E-state index is 12.1. The Balaban J connectivity index is 2.26. The molecule has 0 saturated heterocycles. The van der Waals surface area contributed by atoms with Crippen LogP contribution in [0.15, 0.2) is 30.3 Å². The van der Waals surface area contributed by atoms with E-state index < -0.39 is 0 Å². The predicted octanol–water partition coefficient (Wildman–Crippen LogP) is 2.38. The molecule has 0 bridgehead atoms. The van der Waals surface area contributed by atoms with Crippen molar-refractivity contribution in [3.63, 3.8) is 0 Å². The lowest BCUT2D eigenvalue weighted by molar-refractivity contribution is -0.145. The van der Waals surface area contributed by atoms with E-state index in [9.17, 15) is 9.59 Å². The van der Waals surface area contributed by atoms with Gasteiger partial charge in [-0.15, -0.1) is 0 Å². The average Bonchev–Trinajstić information content (AvgIpc) is 2.47. The molecule has 21 heavy (non-hydrogen) atoms. The van der Waals surface area contributed by atoms with E-state index in [2.05, 4.69) is 17.0 Å². The van der Waals surface area contributed by atoms with Gasteiger partial charge in [-0.3, -0.25) is 14.5 Å². The van der Waals surface area contributed by atoms with Crippen molar-refractivity contribution in [2.75, 3.05) is 20.7 Å². The number of esters is 1. The zero-order chi connectivity index (χ0) is 15.5. The van der Waals surface area contributed by atoms with Gasteiger partial charge in [0.1, 0.15) is 12.4 Å². The fourth-order valence-corrected chi connectivity index (χ4v) is 3.20. The number of nitrogens with zero attached hydrogens (tertiary/aromatic N) is 1. The molecule has 0 aliphatic heterocycles. The molecule has 4 nitrogen and oxygen atoms in total. The van der Waals surface area contributed by atoms with Gasteiger partial charge >= 0.3 is 5.97 Å². The lowest BCUT2D eigenvalue weighted by Crippen LogP contribution is -2.48. The summed E-state index contributed by atoms with van der Waals surface area (Å²) < 4.78 is 5.08. The van der Waals surface area contributed by atoms with Crippen molar-refractivity contribution in [3.8, 4) is 0 Å². The molecule has 4 heteroatoms. The van der Waals surface area contributed by atoms with Gasteiger partial charge in [-0.2, -0.15) is 0 Å². The second-order valence-corrected chi connectivity index (χ2v) is 5.96. The Morgan fingerprint density at radius 2 is 2.00 bits per heavy atom. The fourth-order valence-electron chi connectivity index (χ4n) is 3.20. The van der Waals surface area contributed by atoms with Crippen LogP contribution >= 0.6 is 0 Å². The van der Waals surface area contributed by atoms with Crippen molar-refractivity contribution < 1.29 is 14.3 Å². The zero-order valence-corrected chi connectivity index (χ0v) is 13.0. The van der Waals surface area contributed by atoms with Gasteiger partial charge in [0, 0.05) is 18.9 Å². The lowest BCUT2D eigenvalue weighted by atomic mass is 9.70. The third-order valence-corrected chi connectivity index (χ3v) is 4.48. The van der Waals surface area contributed by atoms with Gasteiger partial charge in [-0.05, 0) is 32.5 Å². The van der Waals surface area contributed by atoms with Crippen molar-refractivity contribution in [1.82, 2.24) is 4.90 Å². The largest absolute Gasteiger partial charge is 0.465 e. The summed E-state index contributed by atoms with van der Waals surface area (Å²) in [7, 11) is 4.09. The first kappa shape index (κ1) is 15.7. The first-order valence-corrected chi connectivity index (χ1v) is 7.35. The summed E-state index contributed by atoms with van der Waals surface area (Å²) in [5.41, 5.74) is 1.05. The second-order valence-electron chi connectivity index (χ2n) is 5.96. The minimum absolute atomic E-state index is 0.167. The number of hydrogen-bond acceptors (Lipinski definition) is 4. The van der Waals surface area contributed by atoms with Crippen LogP contribution in [0.2, 0.25) is 0 Å². The Hall–Kier alpha value is -1.68. The molecule has 1 aliphatic carbocycles. The van der Waals surface area contributed by atoms with Crippen LogP contribution in [0.5, 0.6) is 0 Å². The summed E-state index contributed by atoms with van der Waals surface area (Å²) in [5, 5.41) is 0. The first-order chi connectivity index (χ1) is 9.95. The molecule has 1 fully saturated rings. The number of rotatable bonds is 4. The summed E-state index contributed by atoms with van der Waals surface area (Å²) in [6.07, 6.45) is 2.02. The molecule has 0 N–H and O–H groups in total. The summed E-state index contributed by atoms with van der Waals surface area (Å²) >= 11 is 0. The van der Waals surface area contributed by atoms with Crippen molar-refractivity contribution in [2.45, 2.75) is 31.7 Å². The molecule has 114 valence electrons. The first-order valence-electron chi connectivity index (χ1n) is 7.35. The summed E-state index contributed by atoms with van der Waals surface area (Å²) in [6.45, 7) is 1.57. The Bertz CT molecular complexity index is 512. The summed E-state index contributed by atoms with van der Waals surface area (Å²) in [4.78, 5) is 25.3. The van der Waals surface area contributed by atoms with Crippen LogP contribution < -0.4 is 0 Å². The molecule has 2 rings (SSSR count). The van der Waals surface area contributed by atoms with Crippen LogP contribution in [0.25, 0.3) is 0 Å². The molecule has 0 amide bonds. The standard InChI is InChI=1S/C17H23NO3/c1-13(19)21-12-14-11-17(18(2)3,10-9-16(14)20)15-7-5-4-6-8-15/h4-8,14H,9-12H2,1-3H3. The van der Waals surface area contributed by atoms with E-state index in [1.54, 1.807) is 0 Å². The van der Waals surface area contributed by atoms with Crippen LogP contribution in [0.3, 0.4) is 0 Å². The van der Waals surface area contributed by atoms with E-state index >= 15 is 0 Å². The normalized spacial score (nSPS) is 25.9. The highest BCUT2D eigenvalue weighted by Gasteiger charge is 2.43. The highest BCUT2D eigenvalue weighted by molar-refractivity contribution is 5.82. The molecular weight excluding hydrogens is 266 g/mol. The van der Waals surface area contributed by atoms with Gasteiger partial charge in [0.15, 0.2) is 0 Å². The van der Waals surface area contributed by atoms with Crippen molar-refractivity contribution in [2.24, 2.45) is 5.92 Å². The number of ether oxygens (including phenoxy) is 1. The maximum atomic E-state index is 12.1. The van der Waals surface area contributed by atoms with Crippen LogP contribution in [0.4, 0.5) is 0 Å². The average molecular weight is 289 g/mol. The number of carbonyl (C=O) groups excluding carboxylic acids is 2. The van der Waals surface area contributed by atoms with Gasteiger partial charge < -0.3 is 4.74 Å². The molecular formula is C17H23NO3. The van der Waals surface area contributed by atoms with Crippen LogP contribution in [-0.4, -0.2) is 37.4 Å². The van der Waals surface area contributed by atoms with Crippen LogP contribution in [0.1, 0.15) is 31.7 Å². The minimum atomic E-state index is -0.330. The van der Waals surface area contributed by atoms with E-state index in [1.165, 1.54) is 12.5 Å². The SMILES string of the molecule is CC(=O)OCC1CC(c2ccccc2)(N(C)C)CCC1=O. The molecule has 2 unspecified atom stereocenters. The van der Waals surface area contributed by atoms with Crippen LogP contribution in [0, 0.1) is 5.92 Å². The highest BCUT2D eigenvalue weighted by atomic mass is 16.5. The van der Waals surface area contributed by atoms with Crippen LogP contribution in [-0.2, 0) is 19.9 Å². The molecule has 1 aliphatic rings. The number of benzene rings is 1. The molecule has 0 spiro atoms. The molecule has 2 atom stereocenters. The van der Waals surface area contributed by atoms with Crippen molar-refractivity contribution in [1.29, 1.82) is 0 Å². The Kier molecular flexibility index (Phi) is 4.78. The fraction of sp³-hybridized carbons (Fsp3) is 0.529. The van der Waals surface area contributed by atoms with E-state index in [1.807, 2.05) is 32.3 Å². The van der Waals surface area contributed by atoms with Gasteiger partial charge in [0.25, 0.3) is 0 Å². The highest BCUT2D eigenvalue weighted by Crippen LogP contribution is 2.42. The molecule has 0 radical (unpaired) electrons. The molecule has 1 aromatic carbocycles. The predicted molar refractivity (Wildman–Crippen MR) is 80.8 cm³/mol. The molecule has 0 aromatic heterocycles. The Morgan fingerprint density at radius 3 is 2.57 bits per heavy atom. The van der Waals surface area contributed by atoms with Gasteiger partial charge in [0.2, 0.25) is 0 Å². The van der Waals surface area contributed by atoms with Crippen molar-refractivity contribution >= 4 is 11.8 Å². The van der Waals surface area contributed by atoms with E-state index in [-0.39, 0.29) is 29.8 Å². The quantitative estimate of drug-likeness (QED) is 0.798. The summed E-state index contributed by atoms with van der Waals surface area (Å²) in [5.74, 6) is -0.349. The Labute approximate surface area is 126 Å². The molecule has 1 saturated carbocycles. The minimum Gasteiger partial charge on any atom is -0.465 e. The topological polar surface area (TPSA) is 46.6 Å². The lowest BCUT2D eigenvalue weighted by Gasteiger charge is -2.45. The molecule has 1 aromatic rings. The van der Waals surface area contributed by atoms with E-state index in [0.29, 0.717) is 12.8 Å². The Morgan fingerprint density at radius 1 is 1.33 bits per heavy atom. The van der Waals surface area contributed by atoms with Gasteiger partial charge in [-0.25, -0.2) is 0 Å². The number of ketones is 1. The van der Waals surface area contributed by atoms with Crippen molar-refractivity contribution in [3.05, 3.63) is 35.9 Å². The van der Waals surface area contributed by atoms with Gasteiger partial charge in [0.05, 0.1) is 5.92 Å². The van der Waals surface area contributed by atoms with E-state index in [4.69, 9.17) is 4.74 Å². The summed E-state index contributed by atoms with van der Waals surface area (Å²) in [6, 6.07) is 10.3. The zero-order valence-electron chi connectivity index (χ0n) is 13.0. The maximum Gasteiger partial charge on any atom is 0.302 e. The third-order valence-electron chi connectivity index (χ3n) is 4.48. The van der Waals surface area contributed by atoms with E-state index in [0.717, 1.165) is 6.42 Å². The monoisotopic (exact) mass is 289 g/mol. The third kappa shape index (κ3) is 3.32. The smallest absolute Gasteiger partial charge is 0.302 e. The molecule has 0 heterocycles. The second kappa shape index (κ2) is 6.39. The number of hydrogen-bond donors (Lipinski definition) is 0. The number of Topliss-reactive ketones (excluding diaryl/α,β-unsaturated/α-hetero) is 1. The number of carbonyl (C=O) groups is 2.